The molecule has 1 aliphatic carbocycles. The zero-order chi connectivity index (χ0) is 12.3. The van der Waals surface area contributed by atoms with E-state index in [0.717, 1.165) is 36.1 Å². The van der Waals surface area contributed by atoms with Crippen molar-refractivity contribution in [2.24, 2.45) is 11.8 Å². The maximum absolute atomic E-state index is 5.47. The van der Waals surface area contributed by atoms with Crippen LogP contribution in [0.5, 0.6) is 0 Å². The minimum absolute atomic E-state index is 0.522. The normalized spacial score (nSPS) is 23.9. The molecule has 1 fully saturated rings. The summed E-state index contributed by atoms with van der Waals surface area (Å²) in [6, 6.07) is 1.95. The largest absolute Gasteiger partial charge is 0.308 e. The van der Waals surface area contributed by atoms with Gasteiger partial charge in [-0.3, -0.25) is 0 Å². The lowest BCUT2D eigenvalue weighted by Crippen LogP contribution is -2.13. The summed E-state index contributed by atoms with van der Waals surface area (Å²) in [6.07, 6.45) is 5.80. The van der Waals surface area contributed by atoms with Gasteiger partial charge in [0.25, 0.3) is 0 Å². The summed E-state index contributed by atoms with van der Waals surface area (Å²) in [5, 5.41) is 0. The van der Waals surface area contributed by atoms with Crippen LogP contribution in [0.4, 0.5) is 5.82 Å². The lowest BCUT2D eigenvalue weighted by molar-refractivity contribution is 0.583. The van der Waals surface area contributed by atoms with Crippen molar-refractivity contribution in [3.63, 3.8) is 0 Å². The van der Waals surface area contributed by atoms with Crippen molar-refractivity contribution in [3.8, 4) is 0 Å². The summed E-state index contributed by atoms with van der Waals surface area (Å²) in [5.74, 6) is 8.52. The first-order chi connectivity index (χ1) is 8.22. The molecule has 0 radical (unpaired) electrons. The van der Waals surface area contributed by atoms with E-state index in [9.17, 15) is 0 Å². The number of hydrogen-bond donors (Lipinski definition) is 2. The Morgan fingerprint density at radius 3 is 2.82 bits per heavy atom. The number of hydrazine groups is 1. The SMILES string of the molecule is CCCc1cc(NN)nc(C2CCC(C)C2)n1. The van der Waals surface area contributed by atoms with Gasteiger partial charge in [0.15, 0.2) is 0 Å². The third-order valence-corrected chi connectivity index (χ3v) is 3.51. The Labute approximate surface area is 103 Å². The van der Waals surface area contributed by atoms with Crippen LogP contribution in [-0.2, 0) is 6.42 Å². The molecule has 1 aromatic heterocycles. The zero-order valence-electron chi connectivity index (χ0n) is 10.7. The Kier molecular flexibility index (Phi) is 3.94. The van der Waals surface area contributed by atoms with Gasteiger partial charge in [-0.15, -0.1) is 0 Å². The van der Waals surface area contributed by atoms with E-state index in [1.165, 1.54) is 19.3 Å². The molecule has 1 aliphatic rings. The van der Waals surface area contributed by atoms with Crippen molar-refractivity contribution >= 4 is 5.82 Å². The minimum Gasteiger partial charge on any atom is -0.308 e. The van der Waals surface area contributed by atoms with Crippen LogP contribution in [0.3, 0.4) is 0 Å². The molecule has 2 atom stereocenters. The van der Waals surface area contributed by atoms with Crippen molar-refractivity contribution in [2.75, 3.05) is 5.43 Å². The predicted molar refractivity (Wildman–Crippen MR) is 69.6 cm³/mol. The number of nitrogens with zero attached hydrogens (tertiary/aromatic N) is 2. The smallest absolute Gasteiger partial charge is 0.143 e. The summed E-state index contributed by atoms with van der Waals surface area (Å²) >= 11 is 0. The topological polar surface area (TPSA) is 63.8 Å². The first-order valence-electron chi connectivity index (χ1n) is 6.57. The second kappa shape index (κ2) is 5.45. The monoisotopic (exact) mass is 234 g/mol. The van der Waals surface area contributed by atoms with Crippen molar-refractivity contribution in [1.29, 1.82) is 0 Å². The summed E-state index contributed by atoms with van der Waals surface area (Å²) in [6.45, 7) is 4.47. The highest BCUT2D eigenvalue weighted by Crippen LogP contribution is 2.36. The average Bonchev–Trinajstić information content (AvgIpc) is 2.76. The molecule has 94 valence electrons. The fourth-order valence-corrected chi connectivity index (χ4v) is 2.60. The van der Waals surface area contributed by atoms with Gasteiger partial charge in [-0.1, -0.05) is 20.3 Å². The summed E-state index contributed by atoms with van der Waals surface area (Å²) < 4.78 is 0. The molecular weight excluding hydrogens is 212 g/mol. The third kappa shape index (κ3) is 2.94. The Morgan fingerprint density at radius 1 is 1.41 bits per heavy atom. The van der Waals surface area contributed by atoms with E-state index in [1.54, 1.807) is 0 Å². The lowest BCUT2D eigenvalue weighted by atomic mass is 10.1. The van der Waals surface area contributed by atoms with E-state index in [2.05, 4.69) is 29.2 Å². The highest BCUT2D eigenvalue weighted by atomic mass is 15.3. The van der Waals surface area contributed by atoms with Crippen LogP contribution in [0.25, 0.3) is 0 Å². The quantitative estimate of drug-likeness (QED) is 0.621. The molecule has 1 aromatic rings. The molecule has 17 heavy (non-hydrogen) atoms. The van der Waals surface area contributed by atoms with Crippen LogP contribution in [-0.4, -0.2) is 9.97 Å². The molecule has 4 heteroatoms. The van der Waals surface area contributed by atoms with Crippen LogP contribution in [0.2, 0.25) is 0 Å². The van der Waals surface area contributed by atoms with Gasteiger partial charge >= 0.3 is 0 Å². The first kappa shape index (κ1) is 12.3. The van der Waals surface area contributed by atoms with Gasteiger partial charge in [-0.05, 0) is 31.6 Å². The maximum atomic E-state index is 5.47. The Balaban J connectivity index is 2.23. The number of nitrogen functional groups attached to an aromatic ring is 1. The number of nitrogens with two attached hydrogens (primary N) is 1. The van der Waals surface area contributed by atoms with E-state index in [-0.39, 0.29) is 0 Å². The molecule has 0 spiro atoms. The van der Waals surface area contributed by atoms with Crippen LogP contribution >= 0.6 is 0 Å². The van der Waals surface area contributed by atoms with Crippen molar-refractivity contribution in [1.82, 2.24) is 9.97 Å². The molecule has 0 saturated heterocycles. The highest BCUT2D eigenvalue weighted by Gasteiger charge is 2.25. The van der Waals surface area contributed by atoms with Gasteiger partial charge in [0.2, 0.25) is 0 Å². The summed E-state index contributed by atoms with van der Waals surface area (Å²) in [4.78, 5) is 9.18. The molecule has 1 heterocycles. The van der Waals surface area contributed by atoms with Gasteiger partial charge in [0, 0.05) is 17.7 Å². The summed E-state index contributed by atoms with van der Waals surface area (Å²) in [7, 11) is 0. The Hall–Kier alpha value is -1.16. The van der Waals surface area contributed by atoms with E-state index in [4.69, 9.17) is 5.84 Å². The zero-order valence-corrected chi connectivity index (χ0v) is 10.7. The molecule has 2 rings (SSSR count). The van der Waals surface area contributed by atoms with Gasteiger partial charge in [-0.2, -0.15) is 0 Å². The molecule has 0 aromatic carbocycles. The third-order valence-electron chi connectivity index (χ3n) is 3.51. The Bertz CT molecular complexity index is 378. The molecule has 0 amide bonds. The highest BCUT2D eigenvalue weighted by molar-refractivity contribution is 5.35. The van der Waals surface area contributed by atoms with Crippen LogP contribution in [0.15, 0.2) is 6.07 Å². The molecule has 4 nitrogen and oxygen atoms in total. The molecule has 0 aliphatic heterocycles. The number of rotatable bonds is 4. The van der Waals surface area contributed by atoms with Crippen molar-refractivity contribution in [3.05, 3.63) is 17.6 Å². The number of hydrogen-bond acceptors (Lipinski definition) is 4. The standard InChI is InChI=1S/C13H22N4/c1-3-4-11-8-12(17-14)16-13(15-11)10-6-5-9(2)7-10/h8-10H,3-7,14H2,1-2H3,(H,15,16,17). The van der Waals surface area contributed by atoms with E-state index >= 15 is 0 Å². The fourth-order valence-electron chi connectivity index (χ4n) is 2.60. The molecule has 2 unspecified atom stereocenters. The second-order valence-electron chi connectivity index (χ2n) is 5.11. The number of aryl methyl sites for hydroxylation is 1. The molecule has 1 saturated carbocycles. The summed E-state index contributed by atoms with van der Waals surface area (Å²) in [5.41, 5.74) is 3.75. The molecule has 3 N–H and O–H groups in total. The fraction of sp³-hybridized carbons (Fsp3) is 0.692. The van der Waals surface area contributed by atoms with E-state index < -0.39 is 0 Å². The number of anilines is 1. The van der Waals surface area contributed by atoms with Crippen LogP contribution in [0.1, 0.15) is 57.0 Å². The maximum Gasteiger partial charge on any atom is 0.143 e. The van der Waals surface area contributed by atoms with Gasteiger partial charge in [-0.25, -0.2) is 15.8 Å². The van der Waals surface area contributed by atoms with Crippen molar-refractivity contribution < 1.29 is 0 Å². The van der Waals surface area contributed by atoms with E-state index in [1.807, 2.05) is 6.07 Å². The van der Waals surface area contributed by atoms with Gasteiger partial charge in [0.05, 0.1) is 0 Å². The first-order valence-corrected chi connectivity index (χ1v) is 6.57. The minimum atomic E-state index is 0.522. The number of aromatic nitrogens is 2. The van der Waals surface area contributed by atoms with Crippen molar-refractivity contribution in [2.45, 2.75) is 51.9 Å². The molecular formula is C13H22N4. The molecule has 0 bridgehead atoms. The predicted octanol–water partition coefficient (Wildman–Crippen LogP) is 2.62. The average molecular weight is 234 g/mol. The van der Waals surface area contributed by atoms with Crippen LogP contribution < -0.4 is 11.3 Å². The Morgan fingerprint density at radius 2 is 2.24 bits per heavy atom. The lowest BCUT2D eigenvalue weighted by Gasteiger charge is -2.11. The second-order valence-corrected chi connectivity index (χ2v) is 5.11. The van der Waals surface area contributed by atoms with Crippen LogP contribution in [0, 0.1) is 5.92 Å². The number of nitrogens with one attached hydrogen (secondary N) is 1. The van der Waals surface area contributed by atoms with E-state index in [0.29, 0.717) is 5.92 Å². The van der Waals surface area contributed by atoms with Gasteiger partial charge < -0.3 is 5.43 Å². The van der Waals surface area contributed by atoms with Gasteiger partial charge in [0.1, 0.15) is 11.6 Å².